The standard InChI is InChI=1S/C22H32N4O5S/c1-13(2)18(20(28)24-16-9-7-15(8-10-16)12-31-22(30)32)25-19(27)17-6-5-11-26(17)21(29)14(3)23-4/h7-10,13-14,17-18,23H,5-6,11-12H2,1-4H3,(H,24,28)(H,25,27)(H,30,32)/t14-,17-,18-/m0/s1. The van der Waals surface area contributed by atoms with E-state index in [2.05, 4.69) is 28.6 Å². The normalized spacial score (nSPS) is 17.6. The van der Waals surface area contributed by atoms with Crippen LogP contribution in [0.15, 0.2) is 24.3 Å². The summed E-state index contributed by atoms with van der Waals surface area (Å²) in [6.45, 7) is 6.06. The highest BCUT2D eigenvalue weighted by molar-refractivity contribution is 7.96. The number of thiol groups is 1. The highest BCUT2D eigenvalue weighted by Gasteiger charge is 2.37. The van der Waals surface area contributed by atoms with Crippen molar-refractivity contribution in [3.8, 4) is 0 Å². The molecular formula is C22H32N4O5S. The van der Waals surface area contributed by atoms with Gasteiger partial charge in [-0.25, -0.2) is 4.79 Å². The molecule has 1 heterocycles. The second kappa shape index (κ2) is 11.9. The van der Waals surface area contributed by atoms with Crippen LogP contribution in [0.25, 0.3) is 0 Å². The molecule has 9 nitrogen and oxygen atoms in total. The molecule has 0 unspecified atom stereocenters. The number of benzene rings is 1. The predicted octanol–water partition coefficient (Wildman–Crippen LogP) is 1.93. The Morgan fingerprint density at radius 2 is 1.81 bits per heavy atom. The van der Waals surface area contributed by atoms with Crippen molar-refractivity contribution in [3.05, 3.63) is 29.8 Å². The van der Waals surface area contributed by atoms with Gasteiger partial charge in [0.25, 0.3) is 0 Å². The molecule has 3 atom stereocenters. The number of carbonyl (C=O) groups excluding carboxylic acids is 4. The number of ether oxygens (including phenoxy) is 1. The lowest BCUT2D eigenvalue weighted by Crippen LogP contribution is -2.55. The van der Waals surface area contributed by atoms with Crippen LogP contribution in [-0.2, 0) is 25.7 Å². The average Bonchev–Trinajstić information content (AvgIpc) is 3.25. The van der Waals surface area contributed by atoms with Crippen LogP contribution in [0.2, 0.25) is 0 Å². The Balaban J connectivity index is 2.01. The third-order valence-electron chi connectivity index (χ3n) is 5.47. The number of nitrogens with one attached hydrogen (secondary N) is 3. The SMILES string of the molecule is CN[C@@H](C)C(=O)N1CCC[C@H]1C(=O)N[C@H](C(=O)Nc1ccc(COC(=O)S)cc1)C(C)C. The van der Waals surface area contributed by atoms with Gasteiger partial charge in [0.15, 0.2) is 0 Å². The maximum absolute atomic E-state index is 13.0. The molecule has 0 radical (unpaired) electrons. The molecule has 10 heteroatoms. The van der Waals surface area contributed by atoms with E-state index in [1.165, 1.54) is 0 Å². The highest BCUT2D eigenvalue weighted by Crippen LogP contribution is 2.20. The fourth-order valence-electron chi connectivity index (χ4n) is 3.51. The van der Waals surface area contributed by atoms with E-state index in [0.29, 0.717) is 18.7 Å². The second-order valence-electron chi connectivity index (χ2n) is 8.17. The fraction of sp³-hybridized carbons (Fsp3) is 0.545. The first-order valence-electron chi connectivity index (χ1n) is 10.7. The summed E-state index contributed by atoms with van der Waals surface area (Å²) in [5.74, 6) is -0.950. The molecule has 1 aliphatic rings. The van der Waals surface area contributed by atoms with Gasteiger partial charge < -0.3 is 25.6 Å². The van der Waals surface area contributed by atoms with E-state index in [9.17, 15) is 19.2 Å². The predicted molar refractivity (Wildman–Crippen MR) is 124 cm³/mol. The van der Waals surface area contributed by atoms with Crippen molar-refractivity contribution in [2.24, 2.45) is 5.92 Å². The average molecular weight is 465 g/mol. The Hall–Kier alpha value is -2.59. The Labute approximate surface area is 194 Å². The van der Waals surface area contributed by atoms with Crippen molar-refractivity contribution in [2.75, 3.05) is 18.9 Å². The fourth-order valence-corrected chi connectivity index (χ4v) is 3.57. The molecule has 0 aliphatic carbocycles. The first kappa shape index (κ1) is 25.7. The van der Waals surface area contributed by atoms with Crippen molar-refractivity contribution < 1.29 is 23.9 Å². The number of hydrogen-bond acceptors (Lipinski definition) is 6. The minimum atomic E-state index is -0.758. The van der Waals surface area contributed by atoms with Crippen LogP contribution in [-0.4, -0.2) is 59.6 Å². The van der Waals surface area contributed by atoms with Crippen LogP contribution in [0.3, 0.4) is 0 Å². The van der Waals surface area contributed by atoms with Gasteiger partial charge in [0.2, 0.25) is 17.7 Å². The van der Waals surface area contributed by atoms with E-state index in [1.54, 1.807) is 43.1 Å². The molecule has 0 saturated carbocycles. The molecule has 1 saturated heterocycles. The minimum absolute atomic E-state index is 0.0873. The topological polar surface area (TPSA) is 117 Å². The van der Waals surface area contributed by atoms with Crippen LogP contribution in [0.4, 0.5) is 10.5 Å². The molecule has 0 bridgehead atoms. The molecule has 3 N–H and O–H groups in total. The lowest BCUT2D eigenvalue weighted by Gasteiger charge is -2.29. The Bertz CT molecular complexity index is 830. The zero-order valence-corrected chi connectivity index (χ0v) is 19.8. The molecule has 0 aromatic heterocycles. The van der Waals surface area contributed by atoms with Crippen molar-refractivity contribution >= 4 is 41.3 Å². The van der Waals surface area contributed by atoms with Gasteiger partial charge in [-0.3, -0.25) is 14.4 Å². The summed E-state index contributed by atoms with van der Waals surface area (Å²) in [5.41, 5.74) is 1.30. The molecule has 1 aliphatic heterocycles. The number of likely N-dealkylation sites (N-methyl/N-ethyl adjacent to an activating group) is 1. The molecule has 176 valence electrons. The molecule has 1 aromatic carbocycles. The number of hydrogen-bond donors (Lipinski definition) is 4. The number of anilines is 1. The Kier molecular flexibility index (Phi) is 9.52. The molecule has 2 rings (SSSR count). The van der Waals surface area contributed by atoms with Crippen molar-refractivity contribution in [3.63, 3.8) is 0 Å². The first-order valence-corrected chi connectivity index (χ1v) is 11.1. The van der Waals surface area contributed by atoms with Gasteiger partial charge in [0, 0.05) is 12.2 Å². The van der Waals surface area contributed by atoms with Gasteiger partial charge >= 0.3 is 5.30 Å². The molecule has 1 aromatic rings. The summed E-state index contributed by atoms with van der Waals surface area (Å²) in [7, 11) is 1.70. The number of rotatable bonds is 9. The number of amides is 3. The van der Waals surface area contributed by atoms with Gasteiger partial charge in [-0.2, -0.15) is 0 Å². The maximum Gasteiger partial charge on any atom is 0.364 e. The maximum atomic E-state index is 13.0. The van der Waals surface area contributed by atoms with Gasteiger partial charge in [-0.1, -0.05) is 38.6 Å². The minimum Gasteiger partial charge on any atom is -0.453 e. The van der Waals surface area contributed by atoms with Crippen LogP contribution < -0.4 is 16.0 Å². The quantitative estimate of drug-likeness (QED) is 0.328. The summed E-state index contributed by atoms with van der Waals surface area (Å²) < 4.78 is 4.82. The zero-order chi connectivity index (χ0) is 23.8. The highest BCUT2D eigenvalue weighted by atomic mass is 32.1. The molecule has 3 amide bonds. The smallest absolute Gasteiger partial charge is 0.364 e. The van der Waals surface area contributed by atoms with Crippen LogP contribution in [0.5, 0.6) is 0 Å². The van der Waals surface area contributed by atoms with Gasteiger partial charge in [-0.05, 0) is 50.4 Å². The van der Waals surface area contributed by atoms with E-state index < -0.39 is 17.4 Å². The lowest BCUT2D eigenvalue weighted by atomic mass is 10.0. The van der Waals surface area contributed by atoms with Gasteiger partial charge in [0.05, 0.1) is 6.04 Å². The van der Waals surface area contributed by atoms with E-state index in [-0.39, 0.29) is 36.3 Å². The van der Waals surface area contributed by atoms with Crippen LogP contribution >= 0.6 is 12.6 Å². The summed E-state index contributed by atoms with van der Waals surface area (Å²) in [6, 6.07) is 5.10. The van der Waals surface area contributed by atoms with Gasteiger partial charge in [0.1, 0.15) is 18.7 Å². The largest absolute Gasteiger partial charge is 0.453 e. The van der Waals surface area contributed by atoms with Crippen molar-refractivity contribution in [2.45, 2.75) is 58.3 Å². The van der Waals surface area contributed by atoms with Crippen molar-refractivity contribution in [1.29, 1.82) is 0 Å². The van der Waals surface area contributed by atoms with Crippen molar-refractivity contribution in [1.82, 2.24) is 15.5 Å². The Morgan fingerprint density at radius 3 is 2.38 bits per heavy atom. The molecule has 1 fully saturated rings. The van der Waals surface area contributed by atoms with Crippen LogP contribution in [0, 0.1) is 5.92 Å². The molecular weight excluding hydrogens is 432 g/mol. The third-order valence-corrected chi connectivity index (χ3v) is 5.60. The second-order valence-corrected chi connectivity index (χ2v) is 8.54. The lowest BCUT2D eigenvalue weighted by molar-refractivity contribution is -0.140. The van der Waals surface area contributed by atoms with E-state index in [0.717, 1.165) is 12.0 Å². The van der Waals surface area contributed by atoms with Crippen LogP contribution in [0.1, 0.15) is 39.2 Å². The number of nitrogens with zero attached hydrogens (tertiary/aromatic N) is 1. The van der Waals surface area contributed by atoms with Gasteiger partial charge in [-0.15, -0.1) is 0 Å². The van der Waals surface area contributed by atoms with E-state index >= 15 is 0 Å². The third kappa shape index (κ3) is 6.96. The molecule has 32 heavy (non-hydrogen) atoms. The van der Waals surface area contributed by atoms with E-state index in [1.807, 2.05) is 13.8 Å². The summed E-state index contributed by atoms with van der Waals surface area (Å²) in [4.78, 5) is 50.8. The summed E-state index contributed by atoms with van der Waals surface area (Å²) in [6.07, 6.45) is 1.31. The number of likely N-dealkylation sites (tertiary alicyclic amines) is 1. The zero-order valence-electron chi connectivity index (χ0n) is 18.9. The number of carbonyl (C=O) groups is 4. The molecule has 0 spiro atoms. The summed E-state index contributed by atoms with van der Waals surface area (Å²) >= 11 is 3.55. The monoisotopic (exact) mass is 464 g/mol. The summed E-state index contributed by atoms with van der Waals surface area (Å²) in [5, 5.41) is 7.88. The Morgan fingerprint density at radius 1 is 1.16 bits per heavy atom. The van der Waals surface area contributed by atoms with E-state index in [4.69, 9.17) is 4.74 Å². The first-order chi connectivity index (χ1) is 15.1.